The van der Waals surface area contributed by atoms with Crippen LogP contribution in [-0.2, 0) is 13.5 Å². The first-order chi connectivity index (χ1) is 9.24. The molecule has 0 aliphatic heterocycles. The van der Waals surface area contributed by atoms with E-state index in [4.69, 9.17) is 0 Å². The van der Waals surface area contributed by atoms with Crippen molar-refractivity contribution in [2.24, 2.45) is 18.9 Å². The molecule has 19 heavy (non-hydrogen) atoms. The lowest BCUT2D eigenvalue weighted by atomic mass is 9.76. The zero-order chi connectivity index (χ0) is 13.7. The van der Waals surface area contributed by atoms with Gasteiger partial charge in [-0.3, -0.25) is 0 Å². The van der Waals surface area contributed by atoms with Crippen LogP contribution < -0.4 is 5.32 Å². The molecule has 3 atom stereocenters. The van der Waals surface area contributed by atoms with Gasteiger partial charge in [0.25, 0.3) is 0 Å². The number of imidazole rings is 1. The molecule has 1 aromatic rings. The Kier molecular flexibility index (Phi) is 5.44. The lowest BCUT2D eigenvalue weighted by molar-refractivity contribution is 0.207. The largest absolute Gasteiger partial charge is 0.338 e. The Bertz CT molecular complexity index is 372. The second-order valence-corrected chi connectivity index (χ2v) is 6.09. The van der Waals surface area contributed by atoms with Crippen LogP contribution in [0.4, 0.5) is 0 Å². The minimum Gasteiger partial charge on any atom is -0.338 e. The number of nitrogens with one attached hydrogen (secondary N) is 1. The van der Waals surface area contributed by atoms with Crippen LogP contribution in [0, 0.1) is 11.8 Å². The van der Waals surface area contributed by atoms with Gasteiger partial charge in [-0.1, -0.05) is 26.2 Å². The van der Waals surface area contributed by atoms with E-state index in [1.54, 1.807) is 0 Å². The highest BCUT2D eigenvalue weighted by atomic mass is 15.0. The molecule has 1 saturated carbocycles. The highest BCUT2D eigenvalue weighted by molar-refractivity contribution is 4.93. The summed E-state index contributed by atoms with van der Waals surface area (Å²) in [5.41, 5.74) is 0. The predicted octanol–water partition coefficient (Wildman–Crippen LogP) is 3.16. The van der Waals surface area contributed by atoms with Crippen molar-refractivity contribution in [3.05, 3.63) is 18.2 Å². The third-order valence-corrected chi connectivity index (χ3v) is 4.94. The minimum atomic E-state index is 0.658. The summed E-state index contributed by atoms with van der Waals surface area (Å²) in [5, 5.41) is 3.56. The molecule has 1 N–H and O–H groups in total. The molecule has 0 aromatic carbocycles. The van der Waals surface area contributed by atoms with Gasteiger partial charge in [0.1, 0.15) is 5.82 Å². The molecule has 0 bridgehead atoms. The van der Waals surface area contributed by atoms with Crippen molar-refractivity contribution in [2.45, 2.75) is 57.9 Å². The summed E-state index contributed by atoms with van der Waals surface area (Å²) >= 11 is 0. The van der Waals surface area contributed by atoms with Crippen molar-refractivity contribution in [3.63, 3.8) is 0 Å². The third-order valence-electron chi connectivity index (χ3n) is 4.94. The first kappa shape index (κ1) is 14.6. The van der Waals surface area contributed by atoms with E-state index in [0.29, 0.717) is 6.04 Å². The summed E-state index contributed by atoms with van der Waals surface area (Å²) in [4.78, 5) is 4.43. The number of nitrogens with zero attached hydrogens (tertiary/aromatic N) is 2. The summed E-state index contributed by atoms with van der Waals surface area (Å²) in [6.07, 6.45) is 13.3. The maximum Gasteiger partial charge on any atom is 0.108 e. The molecule has 1 heterocycles. The van der Waals surface area contributed by atoms with E-state index in [1.165, 1.54) is 44.3 Å². The van der Waals surface area contributed by atoms with Crippen LogP contribution in [0.3, 0.4) is 0 Å². The van der Waals surface area contributed by atoms with Gasteiger partial charge in [-0.15, -0.1) is 0 Å². The number of hydrogen-bond acceptors (Lipinski definition) is 2. The Balaban J connectivity index is 1.87. The Labute approximate surface area is 117 Å². The summed E-state index contributed by atoms with van der Waals surface area (Å²) in [6, 6.07) is 0.658. The Hall–Kier alpha value is -0.830. The highest BCUT2D eigenvalue weighted by Gasteiger charge is 2.26. The van der Waals surface area contributed by atoms with Gasteiger partial charge in [-0.05, 0) is 38.1 Å². The number of hydrogen-bond donors (Lipinski definition) is 1. The van der Waals surface area contributed by atoms with Gasteiger partial charge < -0.3 is 9.88 Å². The van der Waals surface area contributed by atoms with E-state index in [9.17, 15) is 0 Å². The van der Waals surface area contributed by atoms with Gasteiger partial charge in [0.2, 0.25) is 0 Å². The summed E-state index contributed by atoms with van der Waals surface area (Å²) in [5.74, 6) is 3.04. The van der Waals surface area contributed by atoms with E-state index < -0.39 is 0 Å². The molecule has 108 valence electrons. The van der Waals surface area contributed by atoms with Gasteiger partial charge in [-0.25, -0.2) is 4.98 Å². The first-order valence-corrected chi connectivity index (χ1v) is 7.88. The second kappa shape index (κ2) is 7.09. The van der Waals surface area contributed by atoms with E-state index in [-0.39, 0.29) is 0 Å². The molecule has 1 aliphatic carbocycles. The lowest BCUT2D eigenvalue weighted by Crippen LogP contribution is -2.37. The van der Waals surface area contributed by atoms with Gasteiger partial charge in [-0.2, -0.15) is 0 Å². The molecular weight excluding hydrogens is 234 g/mol. The molecule has 3 heteroatoms. The molecule has 0 radical (unpaired) electrons. The Morgan fingerprint density at radius 1 is 1.47 bits per heavy atom. The average molecular weight is 263 g/mol. The van der Waals surface area contributed by atoms with Crippen LogP contribution >= 0.6 is 0 Å². The van der Waals surface area contributed by atoms with Gasteiger partial charge in [0.15, 0.2) is 0 Å². The fraction of sp³-hybridized carbons (Fsp3) is 0.812. The van der Waals surface area contributed by atoms with Crippen molar-refractivity contribution in [2.75, 3.05) is 7.05 Å². The van der Waals surface area contributed by atoms with E-state index in [0.717, 1.165) is 18.3 Å². The summed E-state index contributed by atoms with van der Waals surface area (Å²) < 4.78 is 2.14. The monoisotopic (exact) mass is 263 g/mol. The second-order valence-electron chi connectivity index (χ2n) is 6.09. The molecule has 3 nitrogen and oxygen atoms in total. The van der Waals surface area contributed by atoms with E-state index >= 15 is 0 Å². The molecule has 1 aromatic heterocycles. The SMILES string of the molecule is CCC1CCCC(C(CCc2nccn2C)NC)C1. The number of rotatable bonds is 6. The fourth-order valence-corrected chi connectivity index (χ4v) is 3.61. The molecule has 1 aliphatic rings. The smallest absolute Gasteiger partial charge is 0.108 e. The first-order valence-electron chi connectivity index (χ1n) is 7.88. The molecule has 2 rings (SSSR count). The quantitative estimate of drug-likeness (QED) is 0.854. The van der Waals surface area contributed by atoms with Crippen LogP contribution in [0.5, 0.6) is 0 Å². The zero-order valence-electron chi connectivity index (χ0n) is 12.7. The van der Waals surface area contributed by atoms with Crippen molar-refractivity contribution in [1.82, 2.24) is 14.9 Å². The normalized spacial score (nSPS) is 25.4. The van der Waals surface area contributed by atoms with E-state index in [2.05, 4.69) is 35.9 Å². The molecular formula is C16H29N3. The van der Waals surface area contributed by atoms with Crippen LogP contribution in [-0.4, -0.2) is 22.6 Å². The fourth-order valence-electron chi connectivity index (χ4n) is 3.61. The van der Waals surface area contributed by atoms with Gasteiger partial charge >= 0.3 is 0 Å². The van der Waals surface area contributed by atoms with Crippen LogP contribution in [0.2, 0.25) is 0 Å². The van der Waals surface area contributed by atoms with E-state index in [1.807, 2.05) is 12.4 Å². The number of aromatic nitrogens is 2. The average Bonchev–Trinajstić information content (AvgIpc) is 2.85. The molecule has 0 saturated heterocycles. The van der Waals surface area contributed by atoms with Crippen LogP contribution in [0.1, 0.15) is 51.3 Å². The minimum absolute atomic E-state index is 0.658. The van der Waals surface area contributed by atoms with Crippen molar-refractivity contribution in [1.29, 1.82) is 0 Å². The maximum atomic E-state index is 4.43. The third kappa shape index (κ3) is 3.82. The van der Waals surface area contributed by atoms with Crippen LogP contribution in [0.15, 0.2) is 12.4 Å². The maximum absolute atomic E-state index is 4.43. The molecule has 3 unspecified atom stereocenters. The molecule has 1 fully saturated rings. The van der Waals surface area contributed by atoms with Crippen LogP contribution in [0.25, 0.3) is 0 Å². The van der Waals surface area contributed by atoms with Gasteiger partial charge in [0, 0.05) is 31.9 Å². The van der Waals surface area contributed by atoms with Crippen molar-refractivity contribution in [3.8, 4) is 0 Å². The standard InChI is InChI=1S/C16H29N3/c1-4-13-6-5-7-14(12-13)15(17-2)8-9-16-18-10-11-19(16)3/h10-11,13-15,17H,4-9,12H2,1-3H3. The number of aryl methyl sites for hydroxylation is 2. The Morgan fingerprint density at radius 2 is 2.32 bits per heavy atom. The van der Waals surface area contributed by atoms with Crippen molar-refractivity contribution >= 4 is 0 Å². The van der Waals surface area contributed by atoms with Gasteiger partial charge in [0.05, 0.1) is 0 Å². The Morgan fingerprint density at radius 3 is 2.95 bits per heavy atom. The molecule has 0 spiro atoms. The van der Waals surface area contributed by atoms with Crippen molar-refractivity contribution < 1.29 is 0 Å². The molecule has 0 amide bonds. The lowest BCUT2D eigenvalue weighted by Gasteiger charge is -2.34. The predicted molar refractivity (Wildman–Crippen MR) is 80.1 cm³/mol. The summed E-state index contributed by atoms with van der Waals surface area (Å²) in [7, 11) is 4.21. The summed E-state index contributed by atoms with van der Waals surface area (Å²) in [6.45, 7) is 2.34. The zero-order valence-corrected chi connectivity index (χ0v) is 12.7. The highest BCUT2D eigenvalue weighted by Crippen LogP contribution is 2.33. The topological polar surface area (TPSA) is 29.9 Å².